The van der Waals surface area contributed by atoms with Gasteiger partial charge < -0.3 is 15.2 Å². The largest absolute Gasteiger partial charge is 0.496 e. The zero-order valence-corrected chi connectivity index (χ0v) is 12.5. The van der Waals surface area contributed by atoms with Crippen LogP contribution in [0.1, 0.15) is 12.0 Å². The molecule has 21 heavy (non-hydrogen) atoms. The summed E-state index contributed by atoms with van der Waals surface area (Å²) in [6.45, 7) is 0. The van der Waals surface area contributed by atoms with Gasteiger partial charge in [-0.3, -0.25) is 4.79 Å². The number of carboxylic acid groups (broad SMARTS) is 1. The Morgan fingerprint density at radius 1 is 1.43 bits per heavy atom. The van der Waals surface area contributed by atoms with Gasteiger partial charge in [0.1, 0.15) is 11.3 Å². The quantitative estimate of drug-likeness (QED) is 0.811. The third-order valence-electron chi connectivity index (χ3n) is 3.35. The second kappa shape index (κ2) is 6.67. The molecule has 1 amide bonds. The van der Waals surface area contributed by atoms with Crippen molar-refractivity contribution in [3.05, 3.63) is 35.9 Å². The number of carbonyl (C=O) groups excluding carboxylic acids is 1. The number of nitrogens with one attached hydrogen (secondary N) is 1. The summed E-state index contributed by atoms with van der Waals surface area (Å²) in [5, 5.41) is 11.9. The lowest BCUT2D eigenvalue weighted by Gasteiger charge is -2.23. The average Bonchev–Trinajstić information content (AvgIpc) is 2.95. The molecule has 1 aliphatic heterocycles. The van der Waals surface area contributed by atoms with E-state index in [1.807, 2.05) is 18.2 Å². The molecule has 1 saturated heterocycles. The first-order chi connectivity index (χ1) is 10.1. The van der Waals surface area contributed by atoms with Gasteiger partial charge in [-0.05, 0) is 24.3 Å². The minimum atomic E-state index is -1.15. The summed E-state index contributed by atoms with van der Waals surface area (Å²) in [4.78, 5) is 23.3. The SMILES string of the molecule is COc1ccccc1C=CC(=O)NC1(C(=O)O)CCSC1. The molecule has 0 saturated carbocycles. The average molecular weight is 307 g/mol. The number of thioether (sulfide) groups is 1. The van der Waals surface area contributed by atoms with E-state index >= 15 is 0 Å². The monoisotopic (exact) mass is 307 g/mol. The van der Waals surface area contributed by atoms with Crippen LogP contribution in [0.5, 0.6) is 5.75 Å². The first-order valence-electron chi connectivity index (χ1n) is 6.52. The number of para-hydroxylation sites is 1. The van der Waals surface area contributed by atoms with Crippen LogP contribution in [0.3, 0.4) is 0 Å². The molecule has 1 aromatic rings. The lowest BCUT2D eigenvalue weighted by molar-refractivity contribution is -0.145. The van der Waals surface area contributed by atoms with Crippen molar-refractivity contribution in [3.63, 3.8) is 0 Å². The highest BCUT2D eigenvalue weighted by Gasteiger charge is 2.42. The Labute approximate surface area is 127 Å². The first-order valence-corrected chi connectivity index (χ1v) is 7.67. The van der Waals surface area contributed by atoms with E-state index in [4.69, 9.17) is 4.74 Å². The normalized spacial score (nSPS) is 21.4. The van der Waals surface area contributed by atoms with Crippen LogP contribution in [-0.2, 0) is 9.59 Å². The predicted molar refractivity (Wildman–Crippen MR) is 82.5 cm³/mol. The van der Waals surface area contributed by atoms with E-state index in [0.717, 1.165) is 11.3 Å². The fourth-order valence-corrected chi connectivity index (χ4v) is 3.46. The molecule has 1 heterocycles. The third-order valence-corrected chi connectivity index (χ3v) is 4.54. The molecular formula is C15H17NO4S. The number of benzene rings is 1. The van der Waals surface area contributed by atoms with E-state index in [9.17, 15) is 14.7 Å². The zero-order chi connectivity index (χ0) is 15.3. The second-order valence-corrected chi connectivity index (χ2v) is 5.86. The number of carbonyl (C=O) groups is 2. The lowest BCUT2D eigenvalue weighted by Crippen LogP contribution is -2.54. The van der Waals surface area contributed by atoms with Crippen LogP contribution in [0.2, 0.25) is 0 Å². The Hall–Kier alpha value is -1.95. The van der Waals surface area contributed by atoms with E-state index in [1.165, 1.54) is 17.8 Å². The van der Waals surface area contributed by atoms with Gasteiger partial charge in [-0.1, -0.05) is 18.2 Å². The molecule has 0 bridgehead atoms. The van der Waals surface area contributed by atoms with Crippen LogP contribution < -0.4 is 10.1 Å². The Morgan fingerprint density at radius 2 is 2.19 bits per heavy atom. The fraction of sp³-hybridized carbons (Fsp3) is 0.333. The van der Waals surface area contributed by atoms with E-state index in [0.29, 0.717) is 17.9 Å². The number of amides is 1. The molecule has 5 nitrogen and oxygen atoms in total. The number of ether oxygens (including phenoxy) is 1. The third kappa shape index (κ3) is 3.58. The first kappa shape index (κ1) is 15.4. The summed E-state index contributed by atoms with van der Waals surface area (Å²) >= 11 is 1.53. The summed E-state index contributed by atoms with van der Waals surface area (Å²) in [5.41, 5.74) is -0.382. The highest BCUT2D eigenvalue weighted by atomic mass is 32.2. The minimum Gasteiger partial charge on any atom is -0.496 e. The Kier molecular flexibility index (Phi) is 4.90. The molecule has 112 valence electrons. The molecule has 2 N–H and O–H groups in total. The fourth-order valence-electron chi connectivity index (χ4n) is 2.13. The van der Waals surface area contributed by atoms with Gasteiger partial charge in [0.2, 0.25) is 5.91 Å². The van der Waals surface area contributed by atoms with Crippen molar-refractivity contribution in [2.75, 3.05) is 18.6 Å². The maximum atomic E-state index is 12.0. The highest BCUT2D eigenvalue weighted by Crippen LogP contribution is 2.28. The van der Waals surface area contributed by atoms with E-state index < -0.39 is 17.4 Å². The minimum absolute atomic E-state index is 0.399. The van der Waals surface area contributed by atoms with E-state index in [-0.39, 0.29) is 0 Å². The van der Waals surface area contributed by atoms with Crippen molar-refractivity contribution in [1.82, 2.24) is 5.32 Å². The lowest BCUT2D eigenvalue weighted by atomic mass is 9.99. The van der Waals surface area contributed by atoms with Crippen LogP contribution in [0.25, 0.3) is 6.08 Å². The second-order valence-electron chi connectivity index (χ2n) is 4.75. The smallest absolute Gasteiger partial charge is 0.330 e. The molecule has 1 aliphatic rings. The standard InChI is InChI=1S/C15H17NO4S/c1-20-12-5-3-2-4-11(12)6-7-13(17)16-15(14(18)19)8-9-21-10-15/h2-7H,8-10H2,1H3,(H,16,17)(H,18,19). The Bertz CT molecular complexity index is 565. The summed E-state index contributed by atoms with van der Waals surface area (Å²) < 4.78 is 5.19. The molecule has 1 unspecified atom stereocenters. The van der Waals surface area contributed by atoms with Gasteiger partial charge >= 0.3 is 5.97 Å². The van der Waals surface area contributed by atoms with Crippen molar-refractivity contribution >= 4 is 29.7 Å². The summed E-state index contributed by atoms with van der Waals surface area (Å²) in [6, 6.07) is 7.29. The predicted octanol–water partition coefficient (Wildman–Crippen LogP) is 1.78. The van der Waals surface area contributed by atoms with Crippen molar-refractivity contribution in [2.45, 2.75) is 12.0 Å². The summed E-state index contributed by atoms with van der Waals surface area (Å²) in [5.74, 6) is 0.405. The number of carboxylic acids is 1. The summed E-state index contributed by atoms with van der Waals surface area (Å²) in [6.07, 6.45) is 3.40. The number of methoxy groups -OCH3 is 1. The van der Waals surface area contributed by atoms with Crippen LogP contribution in [0.15, 0.2) is 30.3 Å². The molecule has 0 aliphatic carbocycles. The zero-order valence-electron chi connectivity index (χ0n) is 11.7. The number of hydrogen-bond acceptors (Lipinski definition) is 4. The van der Waals surface area contributed by atoms with Gasteiger partial charge in [0.25, 0.3) is 0 Å². The molecule has 1 fully saturated rings. The molecule has 0 aromatic heterocycles. The summed E-state index contributed by atoms with van der Waals surface area (Å²) in [7, 11) is 1.56. The van der Waals surface area contributed by atoms with Crippen molar-refractivity contribution in [3.8, 4) is 5.75 Å². The molecule has 0 spiro atoms. The van der Waals surface area contributed by atoms with E-state index in [2.05, 4.69) is 5.32 Å². The molecule has 6 heteroatoms. The Morgan fingerprint density at radius 3 is 2.81 bits per heavy atom. The molecule has 1 atom stereocenters. The molecule has 2 rings (SSSR count). The van der Waals surface area contributed by atoms with Crippen molar-refractivity contribution < 1.29 is 19.4 Å². The van der Waals surface area contributed by atoms with Crippen molar-refractivity contribution in [2.24, 2.45) is 0 Å². The number of rotatable bonds is 5. The van der Waals surface area contributed by atoms with Gasteiger partial charge in [0.15, 0.2) is 0 Å². The van der Waals surface area contributed by atoms with Crippen LogP contribution >= 0.6 is 11.8 Å². The number of hydrogen-bond donors (Lipinski definition) is 2. The van der Waals surface area contributed by atoms with Gasteiger partial charge in [0, 0.05) is 17.4 Å². The maximum absolute atomic E-state index is 12.0. The van der Waals surface area contributed by atoms with Gasteiger partial charge in [-0.25, -0.2) is 4.79 Å². The van der Waals surface area contributed by atoms with Crippen molar-refractivity contribution in [1.29, 1.82) is 0 Å². The molecule has 0 radical (unpaired) electrons. The number of aliphatic carboxylic acids is 1. The Balaban J connectivity index is 2.07. The molecular weight excluding hydrogens is 290 g/mol. The van der Waals surface area contributed by atoms with Gasteiger partial charge in [-0.15, -0.1) is 0 Å². The van der Waals surface area contributed by atoms with Gasteiger partial charge in [0.05, 0.1) is 7.11 Å². The maximum Gasteiger partial charge on any atom is 0.330 e. The van der Waals surface area contributed by atoms with Crippen LogP contribution in [0, 0.1) is 0 Å². The topological polar surface area (TPSA) is 75.6 Å². The van der Waals surface area contributed by atoms with Gasteiger partial charge in [-0.2, -0.15) is 11.8 Å². The van der Waals surface area contributed by atoms with E-state index in [1.54, 1.807) is 19.3 Å². The van der Waals surface area contributed by atoms with Crippen LogP contribution in [0.4, 0.5) is 0 Å². The van der Waals surface area contributed by atoms with Crippen LogP contribution in [-0.4, -0.2) is 41.1 Å². The molecule has 1 aromatic carbocycles. The highest BCUT2D eigenvalue weighted by molar-refractivity contribution is 7.99.